The average Bonchev–Trinajstić information content (AvgIpc) is 3.10. The monoisotopic (exact) mass is 417 g/mol. The van der Waals surface area contributed by atoms with Crippen molar-refractivity contribution in [3.8, 4) is 6.07 Å². The van der Waals surface area contributed by atoms with E-state index in [9.17, 15) is 10.1 Å². The van der Waals surface area contributed by atoms with Crippen LogP contribution in [0.25, 0.3) is 17.0 Å². The van der Waals surface area contributed by atoms with Crippen LogP contribution in [0.1, 0.15) is 43.2 Å². The molecule has 0 unspecified atom stereocenters. The summed E-state index contributed by atoms with van der Waals surface area (Å²) >= 11 is 6.14. The van der Waals surface area contributed by atoms with Gasteiger partial charge in [-0.25, -0.2) is 0 Å². The zero-order valence-corrected chi connectivity index (χ0v) is 17.5. The SMILES string of the molecule is N#C/C(=C\c1cn(Cc2cccc(Cl)c2)c2ccccc12)C(=O)NC1CCCCC1. The average molecular weight is 418 g/mol. The first-order valence-corrected chi connectivity index (χ1v) is 10.8. The second-order valence-electron chi connectivity index (χ2n) is 7.84. The number of aromatic nitrogens is 1. The second kappa shape index (κ2) is 9.19. The van der Waals surface area contributed by atoms with Crippen molar-refractivity contribution in [3.63, 3.8) is 0 Å². The van der Waals surface area contributed by atoms with Gasteiger partial charge in [0.05, 0.1) is 0 Å². The third-order valence-corrected chi connectivity index (χ3v) is 5.90. The Morgan fingerprint density at radius 3 is 2.73 bits per heavy atom. The Balaban J connectivity index is 1.64. The zero-order chi connectivity index (χ0) is 20.9. The molecule has 1 saturated carbocycles. The van der Waals surface area contributed by atoms with Crippen LogP contribution in [-0.4, -0.2) is 16.5 Å². The van der Waals surface area contributed by atoms with Crippen LogP contribution in [-0.2, 0) is 11.3 Å². The summed E-state index contributed by atoms with van der Waals surface area (Å²) in [4.78, 5) is 12.7. The molecule has 0 spiro atoms. The minimum Gasteiger partial charge on any atom is -0.349 e. The van der Waals surface area contributed by atoms with Crippen LogP contribution in [0, 0.1) is 11.3 Å². The lowest BCUT2D eigenvalue weighted by Gasteiger charge is -2.22. The summed E-state index contributed by atoms with van der Waals surface area (Å²) in [5.41, 5.74) is 3.15. The van der Waals surface area contributed by atoms with Crippen molar-refractivity contribution in [3.05, 3.63) is 76.5 Å². The lowest BCUT2D eigenvalue weighted by atomic mass is 9.95. The number of nitrogens with one attached hydrogen (secondary N) is 1. The molecule has 1 N–H and O–H groups in total. The predicted molar refractivity (Wildman–Crippen MR) is 121 cm³/mol. The van der Waals surface area contributed by atoms with Crippen molar-refractivity contribution >= 4 is 34.5 Å². The lowest BCUT2D eigenvalue weighted by Crippen LogP contribution is -2.36. The molecule has 1 aliphatic rings. The van der Waals surface area contributed by atoms with Crippen LogP contribution in [0.5, 0.6) is 0 Å². The van der Waals surface area contributed by atoms with Crippen LogP contribution in [0.2, 0.25) is 5.02 Å². The van der Waals surface area contributed by atoms with Crippen LogP contribution in [0.4, 0.5) is 0 Å². The Kier molecular flexibility index (Phi) is 6.21. The number of nitriles is 1. The third-order valence-electron chi connectivity index (χ3n) is 5.67. The van der Waals surface area contributed by atoms with Crippen LogP contribution in [0.15, 0.2) is 60.3 Å². The summed E-state index contributed by atoms with van der Waals surface area (Å²) in [6.07, 6.45) is 9.17. The molecule has 0 atom stereocenters. The van der Waals surface area contributed by atoms with Crippen molar-refractivity contribution in [2.75, 3.05) is 0 Å². The number of benzene rings is 2. The lowest BCUT2D eigenvalue weighted by molar-refractivity contribution is -0.117. The highest BCUT2D eigenvalue weighted by Gasteiger charge is 2.19. The Morgan fingerprint density at radius 2 is 1.97 bits per heavy atom. The molecule has 1 amide bonds. The van der Waals surface area contributed by atoms with Gasteiger partial charge in [0.15, 0.2) is 0 Å². The quantitative estimate of drug-likeness (QED) is 0.427. The maximum Gasteiger partial charge on any atom is 0.262 e. The van der Waals surface area contributed by atoms with Gasteiger partial charge in [0.2, 0.25) is 0 Å². The number of para-hydroxylation sites is 1. The van der Waals surface area contributed by atoms with E-state index in [1.54, 1.807) is 6.08 Å². The number of carbonyl (C=O) groups is 1. The molecular formula is C25H24ClN3O. The molecule has 30 heavy (non-hydrogen) atoms. The van der Waals surface area contributed by atoms with Crippen LogP contribution < -0.4 is 5.32 Å². The molecule has 152 valence electrons. The first-order valence-electron chi connectivity index (χ1n) is 10.4. The van der Waals surface area contributed by atoms with Gasteiger partial charge < -0.3 is 9.88 Å². The Bertz CT molecular complexity index is 1130. The molecule has 0 radical (unpaired) electrons. The molecule has 0 aliphatic heterocycles. The van der Waals surface area contributed by atoms with Crippen LogP contribution >= 0.6 is 11.6 Å². The van der Waals surface area contributed by atoms with E-state index in [4.69, 9.17) is 11.6 Å². The van der Waals surface area contributed by atoms with Gasteiger partial charge in [-0.15, -0.1) is 0 Å². The molecule has 0 bridgehead atoms. The van der Waals surface area contributed by atoms with E-state index in [0.717, 1.165) is 47.7 Å². The minimum absolute atomic E-state index is 0.145. The van der Waals surface area contributed by atoms with E-state index in [1.807, 2.05) is 54.7 Å². The summed E-state index contributed by atoms with van der Waals surface area (Å²) in [6, 6.07) is 18.1. The molecule has 5 heteroatoms. The maximum atomic E-state index is 12.7. The largest absolute Gasteiger partial charge is 0.349 e. The molecule has 1 aliphatic carbocycles. The fourth-order valence-corrected chi connectivity index (χ4v) is 4.38. The molecule has 1 aromatic heterocycles. The fraction of sp³-hybridized carbons (Fsp3) is 0.280. The van der Waals surface area contributed by atoms with Gasteiger partial charge in [-0.3, -0.25) is 4.79 Å². The Morgan fingerprint density at radius 1 is 1.17 bits per heavy atom. The smallest absolute Gasteiger partial charge is 0.262 e. The standard InChI is InChI=1S/C25H24ClN3O/c26-21-8-6-7-18(13-21)16-29-17-20(23-11-4-5-12-24(23)29)14-19(15-27)25(30)28-22-9-2-1-3-10-22/h4-8,11-14,17,22H,1-3,9-10,16H2,(H,28,30)/b19-14+. The van der Waals surface area contributed by atoms with E-state index in [2.05, 4.69) is 16.0 Å². The summed E-state index contributed by atoms with van der Waals surface area (Å²) in [5.74, 6) is -0.281. The van der Waals surface area contributed by atoms with E-state index < -0.39 is 0 Å². The van der Waals surface area contributed by atoms with Gasteiger partial charge in [-0.2, -0.15) is 5.26 Å². The number of rotatable bonds is 5. The highest BCUT2D eigenvalue weighted by molar-refractivity contribution is 6.30. The number of hydrogen-bond donors (Lipinski definition) is 1. The van der Waals surface area contributed by atoms with E-state index in [-0.39, 0.29) is 17.5 Å². The molecule has 3 aromatic rings. The van der Waals surface area contributed by atoms with Crippen molar-refractivity contribution in [2.45, 2.75) is 44.7 Å². The number of nitrogens with zero attached hydrogens (tertiary/aromatic N) is 2. The number of carbonyl (C=O) groups excluding carboxylic acids is 1. The fourth-order valence-electron chi connectivity index (χ4n) is 4.17. The number of fused-ring (bicyclic) bond motifs is 1. The molecule has 4 nitrogen and oxygen atoms in total. The topological polar surface area (TPSA) is 57.8 Å². The van der Waals surface area contributed by atoms with Crippen molar-refractivity contribution < 1.29 is 4.79 Å². The minimum atomic E-state index is -0.281. The first kappa shape index (κ1) is 20.3. The maximum absolute atomic E-state index is 12.7. The highest BCUT2D eigenvalue weighted by Crippen LogP contribution is 2.25. The van der Waals surface area contributed by atoms with Gasteiger partial charge in [0.25, 0.3) is 5.91 Å². The number of hydrogen-bond acceptors (Lipinski definition) is 2. The van der Waals surface area contributed by atoms with Crippen molar-refractivity contribution in [1.29, 1.82) is 5.26 Å². The van der Waals surface area contributed by atoms with E-state index >= 15 is 0 Å². The van der Waals surface area contributed by atoms with E-state index in [0.29, 0.717) is 11.6 Å². The molecule has 0 saturated heterocycles. The summed E-state index contributed by atoms with van der Waals surface area (Å²) < 4.78 is 2.13. The molecule has 1 fully saturated rings. The van der Waals surface area contributed by atoms with Gasteiger partial charge in [-0.05, 0) is 42.7 Å². The number of amides is 1. The molecular weight excluding hydrogens is 394 g/mol. The second-order valence-corrected chi connectivity index (χ2v) is 8.27. The Hall–Kier alpha value is -3.03. The van der Waals surface area contributed by atoms with Crippen LogP contribution in [0.3, 0.4) is 0 Å². The first-order chi connectivity index (χ1) is 14.6. The van der Waals surface area contributed by atoms with Gasteiger partial charge in [0.1, 0.15) is 11.6 Å². The van der Waals surface area contributed by atoms with Crippen molar-refractivity contribution in [2.24, 2.45) is 0 Å². The third kappa shape index (κ3) is 4.58. The summed E-state index contributed by atoms with van der Waals surface area (Å²) in [7, 11) is 0. The van der Waals surface area contributed by atoms with Gasteiger partial charge in [0, 0.05) is 40.3 Å². The Labute approximate surface area is 181 Å². The summed E-state index contributed by atoms with van der Waals surface area (Å²) in [6.45, 7) is 0.658. The van der Waals surface area contributed by atoms with Gasteiger partial charge >= 0.3 is 0 Å². The normalized spacial score (nSPS) is 15.1. The van der Waals surface area contributed by atoms with Crippen molar-refractivity contribution in [1.82, 2.24) is 9.88 Å². The predicted octanol–water partition coefficient (Wildman–Crippen LogP) is 5.70. The zero-order valence-electron chi connectivity index (χ0n) is 16.8. The molecule has 2 aromatic carbocycles. The molecule has 4 rings (SSSR count). The van der Waals surface area contributed by atoms with E-state index in [1.165, 1.54) is 6.42 Å². The van der Waals surface area contributed by atoms with Gasteiger partial charge in [-0.1, -0.05) is 61.2 Å². The molecule has 1 heterocycles. The summed E-state index contributed by atoms with van der Waals surface area (Å²) in [5, 5.41) is 14.4. The number of halogens is 1. The highest BCUT2D eigenvalue weighted by atomic mass is 35.5.